The Morgan fingerprint density at radius 3 is 3.11 bits per heavy atom. The quantitative estimate of drug-likeness (QED) is 0.808. The van der Waals surface area contributed by atoms with E-state index in [0.29, 0.717) is 11.7 Å². The fourth-order valence-electron chi connectivity index (χ4n) is 2.49. The van der Waals surface area contributed by atoms with Crippen LogP contribution in [0.25, 0.3) is 0 Å². The Bertz CT molecular complexity index is 436. The zero-order valence-corrected chi connectivity index (χ0v) is 11.1. The van der Waals surface area contributed by atoms with Crippen LogP contribution >= 0.6 is 0 Å². The predicted octanol–water partition coefficient (Wildman–Crippen LogP) is 1.48. The summed E-state index contributed by atoms with van der Waals surface area (Å²) in [5.41, 5.74) is 1.69. The van der Waals surface area contributed by atoms with E-state index in [1.165, 1.54) is 18.4 Å². The molecule has 96 valence electrons. The van der Waals surface area contributed by atoms with Crippen molar-refractivity contribution in [3.8, 4) is 6.07 Å². The fraction of sp³-hybridized carbons (Fsp3) is 0.571. The Morgan fingerprint density at radius 2 is 2.39 bits per heavy atom. The van der Waals surface area contributed by atoms with Crippen LogP contribution in [-0.2, 0) is 6.54 Å². The third-order valence-corrected chi connectivity index (χ3v) is 3.56. The summed E-state index contributed by atoms with van der Waals surface area (Å²) in [4.78, 5) is 8.77. The minimum Gasteiger partial charge on any atom is -0.305 e. The van der Waals surface area contributed by atoms with E-state index in [-0.39, 0.29) is 0 Å². The number of pyridine rings is 1. The lowest BCUT2D eigenvalue weighted by molar-refractivity contribution is 0.128. The molecule has 0 aliphatic carbocycles. The molecule has 18 heavy (non-hydrogen) atoms. The first kappa shape index (κ1) is 13.0. The van der Waals surface area contributed by atoms with Crippen LogP contribution < -0.4 is 0 Å². The Hall–Kier alpha value is -1.44. The number of hydrogen-bond acceptors (Lipinski definition) is 4. The summed E-state index contributed by atoms with van der Waals surface area (Å²) >= 11 is 0. The van der Waals surface area contributed by atoms with Crippen molar-refractivity contribution in [2.24, 2.45) is 0 Å². The van der Waals surface area contributed by atoms with Crippen LogP contribution in [0.3, 0.4) is 0 Å². The SMILES string of the molecule is CN(C)C1CCCN(Cc2ccnc(C#N)c2)C1. The van der Waals surface area contributed by atoms with Gasteiger partial charge in [0.05, 0.1) is 0 Å². The van der Waals surface area contributed by atoms with Gasteiger partial charge in [0.15, 0.2) is 0 Å². The van der Waals surface area contributed by atoms with E-state index in [4.69, 9.17) is 5.26 Å². The molecule has 0 spiro atoms. The van der Waals surface area contributed by atoms with Crippen LogP contribution in [0.15, 0.2) is 18.3 Å². The van der Waals surface area contributed by atoms with Gasteiger partial charge in [-0.05, 0) is 51.2 Å². The van der Waals surface area contributed by atoms with Gasteiger partial charge in [-0.1, -0.05) is 0 Å². The van der Waals surface area contributed by atoms with Crippen molar-refractivity contribution in [3.63, 3.8) is 0 Å². The minimum atomic E-state index is 0.508. The summed E-state index contributed by atoms with van der Waals surface area (Å²) in [6, 6.07) is 6.63. The molecule has 1 aliphatic rings. The van der Waals surface area contributed by atoms with Crippen LogP contribution in [0.5, 0.6) is 0 Å². The summed E-state index contributed by atoms with van der Waals surface area (Å²) in [7, 11) is 4.29. The molecule has 1 aliphatic heterocycles. The highest BCUT2D eigenvalue weighted by molar-refractivity contribution is 5.25. The topological polar surface area (TPSA) is 43.2 Å². The standard InChI is InChI=1S/C14H20N4/c1-17(2)14-4-3-7-18(11-14)10-12-5-6-16-13(8-12)9-15/h5-6,8,14H,3-4,7,10-11H2,1-2H3. The number of rotatable bonds is 3. The van der Waals surface area contributed by atoms with E-state index in [9.17, 15) is 0 Å². The van der Waals surface area contributed by atoms with Crippen LogP contribution in [0.1, 0.15) is 24.1 Å². The Labute approximate surface area is 109 Å². The maximum absolute atomic E-state index is 8.85. The van der Waals surface area contributed by atoms with Gasteiger partial charge >= 0.3 is 0 Å². The van der Waals surface area contributed by atoms with Crippen molar-refractivity contribution < 1.29 is 0 Å². The number of likely N-dealkylation sites (N-methyl/N-ethyl adjacent to an activating group) is 1. The summed E-state index contributed by atoms with van der Waals surface area (Å²) in [5, 5.41) is 8.85. The smallest absolute Gasteiger partial charge is 0.140 e. The third kappa shape index (κ3) is 3.28. The maximum Gasteiger partial charge on any atom is 0.140 e. The van der Waals surface area contributed by atoms with Crippen LogP contribution in [0.2, 0.25) is 0 Å². The number of nitrogens with zero attached hydrogens (tertiary/aromatic N) is 4. The molecule has 0 N–H and O–H groups in total. The first-order valence-corrected chi connectivity index (χ1v) is 6.43. The number of aromatic nitrogens is 1. The van der Waals surface area contributed by atoms with E-state index in [1.54, 1.807) is 6.20 Å². The average Bonchev–Trinajstić information content (AvgIpc) is 2.39. The first-order valence-electron chi connectivity index (χ1n) is 6.43. The van der Waals surface area contributed by atoms with Gasteiger partial charge in [-0.3, -0.25) is 4.90 Å². The highest BCUT2D eigenvalue weighted by Gasteiger charge is 2.21. The van der Waals surface area contributed by atoms with Gasteiger partial charge in [0.2, 0.25) is 0 Å². The number of nitriles is 1. The molecule has 2 rings (SSSR count). The maximum atomic E-state index is 8.85. The average molecular weight is 244 g/mol. The molecule has 1 fully saturated rings. The van der Waals surface area contributed by atoms with Gasteiger partial charge in [0.25, 0.3) is 0 Å². The van der Waals surface area contributed by atoms with Gasteiger partial charge in [0, 0.05) is 25.3 Å². The lowest BCUT2D eigenvalue weighted by atomic mass is 10.0. The van der Waals surface area contributed by atoms with Gasteiger partial charge in [-0.25, -0.2) is 4.98 Å². The molecule has 1 aromatic heterocycles. The van der Waals surface area contributed by atoms with Crippen LogP contribution in [-0.4, -0.2) is 48.0 Å². The van der Waals surface area contributed by atoms with E-state index < -0.39 is 0 Å². The number of piperidine rings is 1. The monoisotopic (exact) mass is 244 g/mol. The first-order chi connectivity index (χ1) is 8.69. The summed E-state index contributed by atoms with van der Waals surface area (Å²) < 4.78 is 0. The molecular formula is C14H20N4. The van der Waals surface area contributed by atoms with Crippen molar-refractivity contribution >= 4 is 0 Å². The molecule has 1 unspecified atom stereocenters. The molecule has 4 nitrogen and oxygen atoms in total. The highest BCUT2D eigenvalue weighted by atomic mass is 15.2. The Morgan fingerprint density at radius 1 is 1.56 bits per heavy atom. The van der Waals surface area contributed by atoms with Crippen molar-refractivity contribution in [1.82, 2.24) is 14.8 Å². The van der Waals surface area contributed by atoms with Gasteiger partial charge in [-0.15, -0.1) is 0 Å². The molecular weight excluding hydrogens is 224 g/mol. The fourth-order valence-corrected chi connectivity index (χ4v) is 2.49. The molecule has 0 aromatic carbocycles. The molecule has 0 radical (unpaired) electrons. The summed E-state index contributed by atoms with van der Waals surface area (Å²) in [5.74, 6) is 0. The zero-order valence-electron chi connectivity index (χ0n) is 11.1. The number of likely N-dealkylation sites (tertiary alicyclic amines) is 1. The summed E-state index contributed by atoms with van der Waals surface area (Å²) in [6.45, 7) is 3.17. The second-order valence-corrected chi connectivity index (χ2v) is 5.16. The van der Waals surface area contributed by atoms with E-state index >= 15 is 0 Å². The molecule has 1 saturated heterocycles. The Balaban J connectivity index is 1.98. The molecule has 1 aromatic rings. The van der Waals surface area contributed by atoms with E-state index in [1.807, 2.05) is 12.1 Å². The molecule has 0 amide bonds. The largest absolute Gasteiger partial charge is 0.305 e. The Kier molecular flexibility index (Phi) is 4.29. The van der Waals surface area contributed by atoms with E-state index in [2.05, 4.69) is 34.9 Å². The lowest BCUT2D eigenvalue weighted by Gasteiger charge is -2.36. The lowest BCUT2D eigenvalue weighted by Crippen LogP contribution is -2.44. The van der Waals surface area contributed by atoms with Crippen molar-refractivity contribution in [3.05, 3.63) is 29.6 Å². The zero-order chi connectivity index (χ0) is 13.0. The van der Waals surface area contributed by atoms with Gasteiger partial charge in [0.1, 0.15) is 11.8 Å². The minimum absolute atomic E-state index is 0.508. The second-order valence-electron chi connectivity index (χ2n) is 5.16. The highest BCUT2D eigenvalue weighted by Crippen LogP contribution is 2.16. The van der Waals surface area contributed by atoms with Gasteiger partial charge < -0.3 is 4.90 Å². The molecule has 0 bridgehead atoms. The molecule has 2 heterocycles. The predicted molar refractivity (Wildman–Crippen MR) is 70.9 cm³/mol. The normalized spacial score (nSPS) is 20.9. The van der Waals surface area contributed by atoms with Gasteiger partial charge in [-0.2, -0.15) is 5.26 Å². The number of hydrogen-bond donors (Lipinski definition) is 0. The molecule has 0 saturated carbocycles. The van der Waals surface area contributed by atoms with Crippen molar-refractivity contribution in [1.29, 1.82) is 5.26 Å². The molecule has 1 atom stereocenters. The van der Waals surface area contributed by atoms with Crippen molar-refractivity contribution in [2.45, 2.75) is 25.4 Å². The molecule has 4 heteroatoms. The van der Waals surface area contributed by atoms with Crippen molar-refractivity contribution in [2.75, 3.05) is 27.2 Å². The second kappa shape index (κ2) is 5.94. The van der Waals surface area contributed by atoms with Crippen LogP contribution in [0, 0.1) is 11.3 Å². The summed E-state index contributed by atoms with van der Waals surface area (Å²) in [6.07, 6.45) is 4.25. The van der Waals surface area contributed by atoms with E-state index in [0.717, 1.165) is 19.6 Å². The van der Waals surface area contributed by atoms with Crippen LogP contribution in [0.4, 0.5) is 0 Å². The third-order valence-electron chi connectivity index (χ3n) is 3.56.